The summed E-state index contributed by atoms with van der Waals surface area (Å²) in [7, 11) is 1.71. The monoisotopic (exact) mass is 538 g/mol. The third-order valence-corrected chi connectivity index (χ3v) is 5.12. The molecule has 1 fully saturated rings. The second kappa shape index (κ2) is 14.1. The van der Waals surface area contributed by atoms with Crippen molar-refractivity contribution in [2.45, 2.75) is 19.8 Å². The summed E-state index contributed by atoms with van der Waals surface area (Å²) in [5.41, 5.74) is 2.27. The van der Waals surface area contributed by atoms with Crippen LogP contribution in [0.1, 0.15) is 19.8 Å². The van der Waals surface area contributed by atoms with Crippen molar-refractivity contribution in [2.24, 2.45) is 10.9 Å². The number of methoxy groups -OCH3 is 1. The van der Waals surface area contributed by atoms with Gasteiger partial charge in [-0.25, -0.2) is 0 Å². The van der Waals surface area contributed by atoms with Gasteiger partial charge in [0.2, 0.25) is 0 Å². The lowest BCUT2D eigenvalue weighted by atomic mass is 10.1. The Hall–Kier alpha value is -2.00. The fourth-order valence-electron chi connectivity index (χ4n) is 3.58. The Kier molecular flexibility index (Phi) is 11.5. The molecule has 1 aliphatic rings. The maximum Gasteiger partial charge on any atom is 0.195 e. The Morgan fingerprint density at radius 2 is 1.97 bits per heavy atom. The van der Waals surface area contributed by atoms with Crippen molar-refractivity contribution in [3.05, 3.63) is 54.6 Å². The van der Waals surface area contributed by atoms with Crippen LogP contribution in [-0.4, -0.2) is 52.5 Å². The van der Waals surface area contributed by atoms with E-state index in [0.717, 1.165) is 50.0 Å². The lowest BCUT2D eigenvalue weighted by Gasteiger charge is -2.18. The van der Waals surface area contributed by atoms with Gasteiger partial charge in [0.1, 0.15) is 5.75 Å². The summed E-state index contributed by atoms with van der Waals surface area (Å²) in [4.78, 5) is 7.29. The molecule has 0 saturated carbocycles. The minimum atomic E-state index is 0. The van der Waals surface area contributed by atoms with Crippen LogP contribution in [0.25, 0.3) is 0 Å². The molecule has 0 amide bonds. The summed E-state index contributed by atoms with van der Waals surface area (Å²) >= 11 is 0. The Morgan fingerprint density at radius 1 is 1.13 bits per heavy atom. The van der Waals surface area contributed by atoms with Gasteiger partial charge in [0, 0.05) is 63.8 Å². The van der Waals surface area contributed by atoms with E-state index >= 15 is 0 Å². The van der Waals surface area contributed by atoms with Crippen LogP contribution < -0.4 is 20.3 Å². The third kappa shape index (κ3) is 8.57. The maximum absolute atomic E-state index is 5.80. The molecule has 6 nitrogen and oxygen atoms in total. The molecule has 7 heteroatoms. The van der Waals surface area contributed by atoms with Gasteiger partial charge in [-0.15, -0.1) is 24.0 Å². The molecule has 1 heterocycles. The Bertz CT molecular complexity index is 788. The van der Waals surface area contributed by atoms with Gasteiger partial charge < -0.3 is 25.0 Å². The number of para-hydroxylation sites is 1. The minimum Gasteiger partial charge on any atom is -0.493 e. The first-order chi connectivity index (χ1) is 14.8. The van der Waals surface area contributed by atoms with E-state index in [1.54, 1.807) is 7.11 Å². The van der Waals surface area contributed by atoms with E-state index in [1.807, 2.05) is 24.3 Å². The molecule has 2 aromatic rings. The second-order valence-electron chi connectivity index (χ2n) is 7.50. The predicted octanol–water partition coefficient (Wildman–Crippen LogP) is 4.62. The molecular formula is C24H35IN4O2. The zero-order valence-corrected chi connectivity index (χ0v) is 20.9. The van der Waals surface area contributed by atoms with Gasteiger partial charge in [-0.05, 0) is 43.5 Å². The molecule has 1 atom stereocenters. The van der Waals surface area contributed by atoms with Gasteiger partial charge in [-0.2, -0.15) is 0 Å². The number of aliphatic imine (C=N–C) groups is 1. The first kappa shape index (κ1) is 25.3. The number of nitrogens with one attached hydrogen (secondary N) is 2. The molecule has 2 aromatic carbocycles. The number of halogens is 1. The maximum atomic E-state index is 5.80. The van der Waals surface area contributed by atoms with Crippen molar-refractivity contribution in [1.82, 2.24) is 5.32 Å². The Balaban J connectivity index is 0.00000341. The van der Waals surface area contributed by atoms with Crippen LogP contribution in [0, 0.1) is 5.92 Å². The summed E-state index contributed by atoms with van der Waals surface area (Å²) < 4.78 is 10.9. The molecule has 0 aliphatic carbocycles. The van der Waals surface area contributed by atoms with Gasteiger partial charge in [0.05, 0.1) is 6.61 Å². The summed E-state index contributed by atoms with van der Waals surface area (Å²) in [6.45, 7) is 7.21. The van der Waals surface area contributed by atoms with Crippen molar-refractivity contribution in [3.63, 3.8) is 0 Å². The topological polar surface area (TPSA) is 58.1 Å². The molecule has 0 aromatic heterocycles. The van der Waals surface area contributed by atoms with Crippen LogP contribution in [0.2, 0.25) is 0 Å². The number of nitrogens with zero attached hydrogens (tertiary/aromatic N) is 2. The molecule has 0 radical (unpaired) electrons. The summed E-state index contributed by atoms with van der Waals surface area (Å²) in [6.07, 6.45) is 2.04. The molecule has 0 spiro atoms. The summed E-state index contributed by atoms with van der Waals surface area (Å²) in [5.74, 6) is 2.23. The average molecular weight is 538 g/mol. The standard InChI is InChI=1S/C24H34N4O2.HI/c1-3-25-24(27-21-9-7-12-23(17-21)30-16-8-15-29-2)26-18-20-13-14-28(19-20)22-10-5-4-6-11-22;/h4-7,9-12,17,20H,3,8,13-16,18-19H2,1-2H3,(H2,25,26,27);1H. The number of rotatable bonds is 10. The van der Waals surface area contributed by atoms with Crippen LogP contribution in [-0.2, 0) is 4.74 Å². The van der Waals surface area contributed by atoms with Crippen LogP contribution in [0.4, 0.5) is 11.4 Å². The van der Waals surface area contributed by atoms with Crippen LogP contribution in [0.3, 0.4) is 0 Å². The molecule has 3 rings (SSSR count). The predicted molar refractivity (Wildman–Crippen MR) is 140 cm³/mol. The fraction of sp³-hybridized carbons (Fsp3) is 0.458. The fourth-order valence-corrected chi connectivity index (χ4v) is 3.58. The molecule has 2 N–H and O–H groups in total. The molecule has 1 aliphatic heterocycles. The number of anilines is 2. The van der Waals surface area contributed by atoms with E-state index in [9.17, 15) is 0 Å². The quantitative estimate of drug-likeness (QED) is 0.200. The second-order valence-corrected chi connectivity index (χ2v) is 7.50. The van der Waals surface area contributed by atoms with E-state index in [0.29, 0.717) is 19.1 Å². The van der Waals surface area contributed by atoms with Crippen LogP contribution in [0.5, 0.6) is 5.75 Å². The molecule has 31 heavy (non-hydrogen) atoms. The highest BCUT2D eigenvalue weighted by atomic mass is 127. The molecular weight excluding hydrogens is 503 g/mol. The first-order valence-electron chi connectivity index (χ1n) is 10.9. The number of hydrogen-bond acceptors (Lipinski definition) is 4. The van der Waals surface area contributed by atoms with Crippen LogP contribution >= 0.6 is 24.0 Å². The van der Waals surface area contributed by atoms with E-state index in [2.05, 4.69) is 52.8 Å². The van der Waals surface area contributed by atoms with Gasteiger partial charge in [0.15, 0.2) is 5.96 Å². The largest absolute Gasteiger partial charge is 0.493 e. The Labute approximate surface area is 203 Å². The van der Waals surface area contributed by atoms with Crippen molar-refractivity contribution in [3.8, 4) is 5.75 Å². The van der Waals surface area contributed by atoms with Gasteiger partial charge in [0.25, 0.3) is 0 Å². The van der Waals surface area contributed by atoms with E-state index in [1.165, 1.54) is 12.1 Å². The highest BCUT2D eigenvalue weighted by Crippen LogP contribution is 2.23. The lowest BCUT2D eigenvalue weighted by Crippen LogP contribution is -2.31. The third-order valence-electron chi connectivity index (χ3n) is 5.12. The Morgan fingerprint density at radius 3 is 2.74 bits per heavy atom. The van der Waals surface area contributed by atoms with Gasteiger partial charge in [-0.3, -0.25) is 4.99 Å². The van der Waals surface area contributed by atoms with Crippen molar-refractivity contribution < 1.29 is 9.47 Å². The number of guanidine groups is 1. The number of benzene rings is 2. The lowest BCUT2D eigenvalue weighted by molar-refractivity contribution is 0.172. The molecule has 0 bridgehead atoms. The zero-order valence-electron chi connectivity index (χ0n) is 18.5. The van der Waals surface area contributed by atoms with Crippen LogP contribution in [0.15, 0.2) is 59.6 Å². The molecule has 1 unspecified atom stereocenters. The van der Waals surface area contributed by atoms with E-state index in [-0.39, 0.29) is 24.0 Å². The van der Waals surface area contributed by atoms with Gasteiger partial charge >= 0.3 is 0 Å². The molecule has 1 saturated heterocycles. The first-order valence-corrected chi connectivity index (χ1v) is 10.9. The zero-order chi connectivity index (χ0) is 21.0. The van der Waals surface area contributed by atoms with E-state index in [4.69, 9.17) is 14.5 Å². The van der Waals surface area contributed by atoms with Crippen molar-refractivity contribution in [2.75, 3.05) is 56.7 Å². The number of ether oxygens (including phenoxy) is 2. The number of hydrogen-bond donors (Lipinski definition) is 2. The highest BCUT2D eigenvalue weighted by molar-refractivity contribution is 14.0. The van der Waals surface area contributed by atoms with Crippen molar-refractivity contribution in [1.29, 1.82) is 0 Å². The highest BCUT2D eigenvalue weighted by Gasteiger charge is 2.22. The smallest absolute Gasteiger partial charge is 0.195 e. The average Bonchev–Trinajstić information content (AvgIpc) is 3.25. The van der Waals surface area contributed by atoms with Crippen molar-refractivity contribution >= 4 is 41.3 Å². The molecule has 170 valence electrons. The van der Waals surface area contributed by atoms with Gasteiger partial charge in [-0.1, -0.05) is 24.3 Å². The summed E-state index contributed by atoms with van der Waals surface area (Å²) in [6, 6.07) is 18.6. The SMILES string of the molecule is CCNC(=NCC1CCN(c2ccccc2)C1)Nc1cccc(OCCCOC)c1.I. The normalized spacial score (nSPS) is 16.0. The summed E-state index contributed by atoms with van der Waals surface area (Å²) in [5, 5.41) is 6.75. The van der Waals surface area contributed by atoms with E-state index < -0.39 is 0 Å². The minimum absolute atomic E-state index is 0.